The second-order valence-electron chi connectivity index (χ2n) is 4.48. The molecule has 0 spiro atoms. The first kappa shape index (κ1) is 11.5. The third-order valence-electron chi connectivity index (χ3n) is 3.44. The summed E-state index contributed by atoms with van der Waals surface area (Å²) >= 11 is 0. The molecule has 1 aromatic rings. The highest BCUT2D eigenvalue weighted by Crippen LogP contribution is 2.29. The summed E-state index contributed by atoms with van der Waals surface area (Å²) in [7, 11) is 0. The number of hydrogen-bond donors (Lipinski definition) is 1. The molecule has 3 heteroatoms. The van der Waals surface area contributed by atoms with Gasteiger partial charge in [-0.2, -0.15) is 0 Å². The summed E-state index contributed by atoms with van der Waals surface area (Å²) in [6.45, 7) is 3.14. The first-order chi connectivity index (χ1) is 7.70. The quantitative estimate of drug-likeness (QED) is 0.813. The van der Waals surface area contributed by atoms with Crippen LogP contribution in [0.1, 0.15) is 37.8 Å². The lowest BCUT2D eigenvalue weighted by molar-refractivity contribution is 0.298. The molecule has 0 saturated carbocycles. The van der Waals surface area contributed by atoms with Gasteiger partial charge < -0.3 is 5.32 Å². The minimum absolute atomic E-state index is 0.175. The molecule has 0 amide bonds. The Bertz CT molecular complexity index is 365. The smallest absolute Gasteiger partial charge is 0.159 e. The maximum Gasteiger partial charge on any atom is 0.159 e. The molecule has 0 aromatic heterocycles. The van der Waals surface area contributed by atoms with Crippen molar-refractivity contribution in [1.82, 2.24) is 5.32 Å². The van der Waals surface area contributed by atoms with Crippen molar-refractivity contribution in [2.45, 2.75) is 32.2 Å². The zero-order valence-electron chi connectivity index (χ0n) is 9.47. The summed E-state index contributed by atoms with van der Waals surface area (Å²) in [6, 6.07) is 4.37. The fourth-order valence-corrected chi connectivity index (χ4v) is 2.35. The molecule has 88 valence electrons. The molecule has 2 unspecified atom stereocenters. The van der Waals surface area contributed by atoms with E-state index in [1.807, 2.05) is 0 Å². The Kier molecular flexibility index (Phi) is 3.54. The SMILES string of the molecule is CCC1CCNC(c2ccc(F)c(F)c2)C1. The van der Waals surface area contributed by atoms with Crippen LogP contribution in [-0.2, 0) is 0 Å². The van der Waals surface area contributed by atoms with Gasteiger partial charge in [-0.05, 0) is 43.0 Å². The zero-order chi connectivity index (χ0) is 11.5. The van der Waals surface area contributed by atoms with Gasteiger partial charge in [0.05, 0.1) is 0 Å². The fraction of sp³-hybridized carbons (Fsp3) is 0.538. The molecule has 0 bridgehead atoms. The maximum atomic E-state index is 13.1. The van der Waals surface area contributed by atoms with Crippen LogP contribution in [0.2, 0.25) is 0 Å². The Morgan fingerprint density at radius 3 is 2.81 bits per heavy atom. The van der Waals surface area contributed by atoms with Crippen LogP contribution in [0.4, 0.5) is 8.78 Å². The summed E-state index contributed by atoms with van der Waals surface area (Å²) < 4.78 is 25.9. The van der Waals surface area contributed by atoms with Gasteiger partial charge in [-0.15, -0.1) is 0 Å². The molecular formula is C13H17F2N. The summed E-state index contributed by atoms with van der Waals surface area (Å²) in [6.07, 6.45) is 3.35. The van der Waals surface area contributed by atoms with E-state index in [1.54, 1.807) is 6.07 Å². The van der Waals surface area contributed by atoms with Gasteiger partial charge in [-0.3, -0.25) is 0 Å². The van der Waals surface area contributed by atoms with Crippen LogP contribution in [0.15, 0.2) is 18.2 Å². The first-order valence-corrected chi connectivity index (χ1v) is 5.89. The van der Waals surface area contributed by atoms with Crippen LogP contribution in [0, 0.1) is 17.6 Å². The lowest BCUT2D eigenvalue weighted by atomic mass is 9.87. The van der Waals surface area contributed by atoms with E-state index in [9.17, 15) is 8.78 Å². The Labute approximate surface area is 94.9 Å². The van der Waals surface area contributed by atoms with Gasteiger partial charge in [0.2, 0.25) is 0 Å². The monoisotopic (exact) mass is 225 g/mol. The molecule has 16 heavy (non-hydrogen) atoms. The van der Waals surface area contributed by atoms with E-state index in [1.165, 1.54) is 18.6 Å². The van der Waals surface area contributed by atoms with E-state index < -0.39 is 11.6 Å². The topological polar surface area (TPSA) is 12.0 Å². The third-order valence-corrected chi connectivity index (χ3v) is 3.44. The van der Waals surface area contributed by atoms with Gasteiger partial charge >= 0.3 is 0 Å². The van der Waals surface area contributed by atoms with Crippen molar-refractivity contribution in [3.05, 3.63) is 35.4 Å². The van der Waals surface area contributed by atoms with E-state index in [4.69, 9.17) is 0 Å². The number of benzene rings is 1. The zero-order valence-corrected chi connectivity index (χ0v) is 9.47. The maximum absolute atomic E-state index is 13.1. The van der Waals surface area contributed by atoms with Gasteiger partial charge in [0.1, 0.15) is 0 Å². The Balaban J connectivity index is 2.13. The molecule has 1 saturated heterocycles. The van der Waals surface area contributed by atoms with Crippen molar-refractivity contribution in [2.75, 3.05) is 6.54 Å². The van der Waals surface area contributed by atoms with Crippen molar-refractivity contribution in [1.29, 1.82) is 0 Å². The summed E-state index contributed by atoms with van der Waals surface area (Å²) in [5, 5.41) is 3.36. The lowest BCUT2D eigenvalue weighted by Gasteiger charge is -2.30. The molecule has 2 rings (SSSR count). The summed E-state index contributed by atoms with van der Waals surface area (Å²) in [5.74, 6) is -0.830. The van der Waals surface area contributed by atoms with Crippen LogP contribution >= 0.6 is 0 Å². The predicted octanol–water partition coefficient (Wildman–Crippen LogP) is 3.42. The highest BCUT2D eigenvalue weighted by Gasteiger charge is 2.22. The first-order valence-electron chi connectivity index (χ1n) is 5.89. The highest BCUT2D eigenvalue weighted by atomic mass is 19.2. The third kappa shape index (κ3) is 2.40. The molecule has 1 aliphatic rings. The predicted molar refractivity (Wildman–Crippen MR) is 60.1 cm³/mol. The molecule has 2 atom stereocenters. The Hall–Kier alpha value is -0.960. The van der Waals surface area contributed by atoms with E-state index >= 15 is 0 Å². The number of rotatable bonds is 2. The largest absolute Gasteiger partial charge is 0.310 e. The molecule has 1 fully saturated rings. The van der Waals surface area contributed by atoms with Gasteiger partial charge in [-0.1, -0.05) is 19.4 Å². The molecule has 1 N–H and O–H groups in total. The van der Waals surface area contributed by atoms with Gasteiger partial charge in [0.15, 0.2) is 11.6 Å². The minimum Gasteiger partial charge on any atom is -0.310 e. The highest BCUT2D eigenvalue weighted by molar-refractivity contribution is 5.21. The molecule has 0 aliphatic carbocycles. The van der Waals surface area contributed by atoms with Crippen LogP contribution < -0.4 is 5.32 Å². The van der Waals surface area contributed by atoms with Gasteiger partial charge in [0, 0.05) is 6.04 Å². The molecule has 1 aromatic carbocycles. The van der Waals surface area contributed by atoms with E-state index in [0.717, 1.165) is 24.9 Å². The van der Waals surface area contributed by atoms with Crippen molar-refractivity contribution in [3.63, 3.8) is 0 Å². The molecule has 1 heterocycles. The summed E-state index contributed by atoms with van der Waals surface area (Å²) in [4.78, 5) is 0. The van der Waals surface area contributed by atoms with Crippen molar-refractivity contribution in [3.8, 4) is 0 Å². The average Bonchev–Trinajstić information content (AvgIpc) is 2.33. The normalized spacial score (nSPS) is 25.7. The second-order valence-corrected chi connectivity index (χ2v) is 4.48. The van der Waals surface area contributed by atoms with Crippen LogP contribution in [0.5, 0.6) is 0 Å². The second kappa shape index (κ2) is 4.91. The summed E-state index contributed by atoms with van der Waals surface area (Å²) in [5.41, 5.74) is 0.858. The van der Waals surface area contributed by atoms with E-state index in [0.29, 0.717) is 5.92 Å². The van der Waals surface area contributed by atoms with Crippen molar-refractivity contribution in [2.24, 2.45) is 5.92 Å². The van der Waals surface area contributed by atoms with Crippen molar-refractivity contribution < 1.29 is 8.78 Å². The number of nitrogens with one attached hydrogen (secondary N) is 1. The minimum atomic E-state index is -0.772. The fourth-order valence-electron chi connectivity index (χ4n) is 2.35. The van der Waals surface area contributed by atoms with E-state index in [2.05, 4.69) is 12.2 Å². The van der Waals surface area contributed by atoms with Gasteiger partial charge in [-0.25, -0.2) is 8.78 Å². The molecule has 1 nitrogen and oxygen atoms in total. The van der Waals surface area contributed by atoms with Crippen LogP contribution in [0.25, 0.3) is 0 Å². The lowest BCUT2D eigenvalue weighted by Crippen LogP contribution is -2.31. The Morgan fingerprint density at radius 2 is 2.12 bits per heavy atom. The van der Waals surface area contributed by atoms with Gasteiger partial charge in [0.25, 0.3) is 0 Å². The van der Waals surface area contributed by atoms with Crippen LogP contribution in [-0.4, -0.2) is 6.54 Å². The average molecular weight is 225 g/mol. The number of piperidine rings is 1. The van der Waals surface area contributed by atoms with Crippen LogP contribution in [0.3, 0.4) is 0 Å². The molecular weight excluding hydrogens is 208 g/mol. The number of halogens is 2. The number of hydrogen-bond acceptors (Lipinski definition) is 1. The van der Waals surface area contributed by atoms with Crippen molar-refractivity contribution >= 4 is 0 Å². The van der Waals surface area contributed by atoms with E-state index in [-0.39, 0.29) is 6.04 Å². The molecule has 1 aliphatic heterocycles. The standard InChI is InChI=1S/C13H17F2N/c1-2-9-5-6-16-13(7-9)10-3-4-11(14)12(15)8-10/h3-4,8-9,13,16H,2,5-7H2,1H3. The Morgan fingerprint density at radius 1 is 1.31 bits per heavy atom. The molecule has 0 radical (unpaired) electrons.